The summed E-state index contributed by atoms with van der Waals surface area (Å²) < 4.78 is 16.1. The van der Waals surface area contributed by atoms with Gasteiger partial charge in [0.25, 0.3) is 5.56 Å². The Morgan fingerprint density at radius 3 is 2.50 bits per heavy atom. The molecule has 0 aliphatic heterocycles. The lowest BCUT2D eigenvalue weighted by molar-refractivity contribution is -0.121. The fourth-order valence-corrected chi connectivity index (χ4v) is 3.29. The van der Waals surface area contributed by atoms with Gasteiger partial charge in [-0.3, -0.25) is 9.59 Å². The molecule has 0 fully saturated rings. The first-order valence-corrected chi connectivity index (χ1v) is 9.74. The number of hydrogen-bond donors (Lipinski definition) is 0. The van der Waals surface area contributed by atoms with Crippen LogP contribution < -0.4 is 5.56 Å². The minimum Gasteiger partial charge on any atom is -0.297 e. The average Bonchev–Trinajstić information content (AvgIpc) is 2.67. The largest absolute Gasteiger partial charge is 0.297 e. The summed E-state index contributed by atoms with van der Waals surface area (Å²) in [5.41, 5.74) is 1.96. The molecule has 2 aromatic carbocycles. The molecule has 0 aliphatic carbocycles. The Balaban J connectivity index is 1.87. The number of carbonyl (C=O) groups excluding carboxylic acids is 1. The summed E-state index contributed by atoms with van der Waals surface area (Å²) in [6.45, 7) is 3.43. The molecular weight excluding hydrogens is 423 g/mol. The van der Waals surface area contributed by atoms with Gasteiger partial charge in [-0.05, 0) is 49.2 Å². The van der Waals surface area contributed by atoms with Crippen molar-refractivity contribution in [2.45, 2.75) is 32.7 Å². The lowest BCUT2D eigenvalue weighted by Gasteiger charge is -2.15. The van der Waals surface area contributed by atoms with Crippen molar-refractivity contribution in [3.63, 3.8) is 0 Å². The number of aromatic nitrogens is 2. The molecule has 1 heterocycles. The number of halogens is 2. The van der Waals surface area contributed by atoms with Crippen LogP contribution in [0, 0.1) is 12.7 Å². The summed E-state index contributed by atoms with van der Waals surface area (Å²) in [7, 11) is 0. The van der Waals surface area contributed by atoms with Crippen LogP contribution in [0.1, 0.15) is 35.3 Å². The number of benzene rings is 2. The maximum atomic E-state index is 14.0. The summed E-state index contributed by atoms with van der Waals surface area (Å²) in [5.74, 6) is -0.471. The average molecular weight is 443 g/mol. The van der Waals surface area contributed by atoms with Crippen molar-refractivity contribution in [3.8, 4) is 0 Å². The molecule has 1 unspecified atom stereocenters. The lowest BCUT2D eigenvalue weighted by atomic mass is 10.0. The summed E-state index contributed by atoms with van der Waals surface area (Å²) in [5, 5.41) is 4.26. The van der Waals surface area contributed by atoms with Gasteiger partial charge in [0.2, 0.25) is 0 Å². The monoisotopic (exact) mass is 442 g/mol. The number of Topliss-reactive ketones (excluding diaryl/α,β-unsaturated/α-hetero) is 1. The Hall–Kier alpha value is -2.60. The van der Waals surface area contributed by atoms with Gasteiger partial charge < -0.3 is 0 Å². The van der Waals surface area contributed by atoms with Gasteiger partial charge in [-0.1, -0.05) is 46.3 Å². The van der Waals surface area contributed by atoms with E-state index >= 15 is 0 Å². The van der Waals surface area contributed by atoms with E-state index in [0.717, 1.165) is 10.0 Å². The maximum Gasteiger partial charge on any atom is 0.270 e. The quantitative estimate of drug-likeness (QED) is 0.567. The Morgan fingerprint density at radius 2 is 1.82 bits per heavy atom. The van der Waals surface area contributed by atoms with Gasteiger partial charge in [0, 0.05) is 22.9 Å². The zero-order valence-corrected chi connectivity index (χ0v) is 17.2. The van der Waals surface area contributed by atoms with Gasteiger partial charge in [-0.15, -0.1) is 0 Å². The summed E-state index contributed by atoms with van der Waals surface area (Å²) in [6, 6.07) is 14.8. The lowest BCUT2D eigenvalue weighted by Crippen LogP contribution is -2.33. The number of carbonyl (C=O) groups is 1. The van der Waals surface area contributed by atoms with Gasteiger partial charge in [-0.25, -0.2) is 9.07 Å². The minimum absolute atomic E-state index is 0.112. The molecule has 1 aromatic heterocycles. The summed E-state index contributed by atoms with van der Waals surface area (Å²) in [4.78, 5) is 25.6. The third kappa shape index (κ3) is 4.62. The van der Waals surface area contributed by atoms with Crippen molar-refractivity contribution in [3.05, 3.63) is 97.6 Å². The van der Waals surface area contributed by atoms with Crippen LogP contribution in [-0.4, -0.2) is 15.6 Å². The fourth-order valence-electron chi connectivity index (χ4n) is 3.03. The topological polar surface area (TPSA) is 52.0 Å². The second kappa shape index (κ2) is 8.61. The van der Waals surface area contributed by atoms with Crippen molar-refractivity contribution >= 4 is 21.7 Å². The Bertz CT molecular complexity index is 1060. The predicted octanol–water partition coefficient (Wildman–Crippen LogP) is 4.42. The van der Waals surface area contributed by atoms with Gasteiger partial charge in [0.15, 0.2) is 5.78 Å². The fraction of sp³-hybridized carbons (Fsp3) is 0.227. The Morgan fingerprint density at radius 1 is 1.14 bits per heavy atom. The van der Waals surface area contributed by atoms with Crippen LogP contribution in [0.5, 0.6) is 0 Å². The van der Waals surface area contributed by atoms with Gasteiger partial charge >= 0.3 is 0 Å². The number of hydrogen-bond acceptors (Lipinski definition) is 3. The molecule has 0 N–H and O–H groups in total. The van der Waals surface area contributed by atoms with Crippen molar-refractivity contribution in [2.24, 2.45) is 0 Å². The second-order valence-electron chi connectivity index (χ2n) is 6.77. The van der Waals surface area contributed by atoms with Crippen molar-refractivity contribution < 1.29 is 9.18 Å². The highest BCUT2D eigenvalue weighted by Crippen LogP contribution is 2.15. The maximum absolute atomic E-state index is 14.0. The normalized spacial score (nSPS) is 12.0. The molecule has 0 aliphatic rings. The van der Waals surface area contributed by atoms with E-state index in [4.69, 9.17) is 0 Å². The van der Waals surface area contributed by atoms with Gasteiger partial charge in [0.05, 0.1) is 5.69 Å². The molecule has 0 saturated heterocycles. The Kier molecular flexibility index (Phi) is 6.19. The third-order valence-corrected chi connectivity index (χ3v) is 5.12. The van der Waals surface area contributed by atoms with Crippen molar-refractivity contribution in [2.75, 3.05) is 0 Å². The molecular formula is C22H20BrFN2O2. The van der Waals surface area contributed by atoms with E-state index in [9.17, 15) is 14.0 Å². The summed E-state index contributed by atoms with van der Waals surface area (Å²) in [6.07, 6.45) is 0.363. The van der Waals surface area contributed by atoms with Crippen LogP contribution in [0.4, 0.5) is 4.39 Å². The van der Waals surface area contributed by atoms with E-state index in [2.05, 4.69) is 21.0 Å². The molecule has 3 aromatic rings. The SMILES string of the molecule is Cc1cc(Cc2ccccc2F)c(=O)n(C(C)C(=O)Cc2ccc(Br)cc2)n1. The van der Waals surface area contributed by atoms with E-state index in [-0.39, 0.29) is 30.0 Å². The van der Waals surface area contributed by atoms with Crippen LogP contribution in [0.3, 0.4) is 0 Å². The van der Waals surface area contributed by atoms with Crippen LogP contribution in [0.25, 0.3) is 0 Å². The van der Waals surface area contributed by atoms with E-state index < -0.39 is 6.04 Å². The first-order valence-electron chi connectivity index (χ1n) is 8.95. The molecule has 0 radical (unpaired) electrons. The van der Waals surface area contributed by atoms with Gasteiger partial charge in [0.1, 0.15) is 11.9 Å². The van der Waals surface area contributed by atoms with Gasteiger partial charge in [-0.2, -0.15) is 5.10 Å². The highest BCUT2D eigenvalue weighted by molar-refractivity contribution is 9.10. The molecule has 0 bridgehead atoms. The highest BCUT2D eigenvalue weighted by Gasteiger charge is 2.20. The summed E-state index contributed by atoms with van der Waals surface area (Å²) >= 11 is 3.37. The second-order valence-corrected chi connectivity index (χ2v) is 7.69. The molecule has 0 amide bonds. The van der Waals surface area contributed by atoms with E-state index in [1.54, 1.807) is 38.1 Å². The third-order valence-electron chi connectivity index (χ3n) is 4.59. The minimum atomic E-state index is -0.713. The molecule has 4 nitrogen and oxygen atoms in total. The number of aryl methyl sites for hydroxylation is 1. The number of nitrogens with zero attached hydrogens (tertiary/aromatic N) is 2. The first-order chi connectivity index (χ1) is 13.3. The molecule has 1 atom stereocenters. The zero-order valence-electron chi connectivity index (χ0n) is 15.7. The van der Waals surface area contributed by atoms with E-state index in [1.165, 1.54) is 10.7 Å². The zero-order chi connectivity index (χ0) is 20.3. The van der Waals surface area contributed by atoms with E-state index in [1.807, 2.05) is 24.3 Å². The van der Waals surface area contributed by atoms with Crippen molar-refractivity contribution in [1.29, 1.82) is 0 Å². The molecule has 6 heteroatoms. The number of rotatable bonds is 6. The van der Waals surface area contributed by atoms with Crippen molar-refractivity contribution in [1.82, 2.24) is 9.78 Å². The van der Waals surface area contributed by atoms with Crippen LogP contribution >= 0.6 is 15.9 Å². The molecule has 3 rings (SSSR count). The van der Waals surface area contributed by atoms with Crippen LogP contribution in [0.15, 0.2) is 63.9 Å². The number of ketones is 1. The molecule has 0 spiro atoms. The molecule has 28 heavy (non-hydrogen) atoms. The molecule has 144 valence electrons. The predicted molar refractivity (Wildman–Crippen MR) is 110 cm³/mol. The van der Waals surface area contributed by atoms with Crippen LogP contribution in [-0.2, 0) is 17.6 Å². The standard InChI is InChI=1S/C22H20BrFN2O2/c1-14-11-18(13-17-5-3-4-6-20(17)24)22(28)26(25-14)15(2)21(27)12-16-7-9-19(23)10-8-16/h3-11,15H,12-13H2,1-2H3. The Labute approximate surface area is 171 Å². The first kappa shape index (κ1) is 20.1. The highest BCUT2D eigenvalue weighted by atomic mass is 79.9. The van der Waals surface area contributed by atoms with E-state index in [0.29, 0.717) is 16.8 Å². The van der Waals surface area contributed by atoms with Crippen LogP contribution in [0.2, 0.25) is 0 Å². The smallest absolute Gasteiger partial charge is 0.270 e. The molecule has 0 saturated carbocycles.